The molecule has 35 heavy (non-hydrogen) atoms. The zero-order chi connectivity index (χ0) is 25.2. The fourth-order valence-electron chi connectivity index (χ4n) is 5.24. The minimum absolute atomic E-state index is 0.224. The van der Waals surface area contributed by atoms with Crippen molar-refractivity contribution >= 4 is 0 Å². The number of hydrogen-bond acceptors (Lipinski definition) is 1. The van der Waals surface area contributed by atoms with E-state index in [0.717, 1.165) is 51.7 Å². The van der Waals surface area contributed by atoms with Gasteiger partial charge in [0.05, 0.1) is 0 Å². The Kier molecular flexibility index (Phi) is 13.8. The van der Waals surface area contributed by atoms with Gasteiger partial charge in [0, 0.05) is 13.2 Å². The van der Waals surface area contributed by atoms with Gasteiger partial charge in [-0.2, -0.15) is 0 Å². The Labute approximate surface area is 216 Å². The molecule has 0 aliphatic carbocycles. The monoisotopic (exact) mass is 474 g/mol. The number of allylic oxidation sites excluding steroid dienone is 2. The molecular weight excluding hydrogens is 424 g/mol. The van der Waals surface area contributed by atoms with Crippen LogP contribution in [0.5, 0.6) is 0 Å². The first-order valence-electron chi connectivity index (χ1n) is 14.0. The van der Waals surface area contributed by atoms with Crippen LogP contribution in [-0.4, -0.2) is 13.2 Å². The van der Waals surface area contributed by atoms with Crippen molar-refractivity contribution < 1.29 is 4.74 Å². The average Bonchev–Trinajstić information content (AvgIpc) is 2.91. The van der Waals surface area contributed by atoms with Crippen molar-refractivity contribution in [1.82, 2.24) is 0 Å². The van der Waals surface area contributed by atoms with Crippen molar-refractivity contribution in [2.45, 2.75) is 90.9 Å². The number of hydrogen-bond donors (Lipinski definition) is 0. The fraction of sp³-hybridized carbons (Fsp3) is 0.529. The normalized spacial score (nSPS) is 14.7. The fourth-order valence-corrected chi connectivity index (χ4v) is 5.24. The molecule has 1 heteroatoms. The molecule has 0 bridgehead atoms. The molecule has 0 aromatic heterocycles. The van der Waals surface area contributed by atoms with E-state index in [4.69, 9.17) is 4.74 Å². The lowest BCUT2D eigenvalue weighted by Gasteiger charge is -2.30. The maximum absolute atomic E-state index is 5.95. The molecule has 0 saturated heterocycles. The zero-order valence-corrected chi connectivity index (χ0v) is 22.7. The smallest absolute Gasteiger partial charge is 0.0466 e. The highest BCUT2D eigenvalue weighted by atomic mass is 16.5. The summed E-state index contributed by atoms with van der Waals surface area (Å²) >= 11 is 0. The molecule has 2 atom stereocenters. The van der Waals surface area contributed by atoms with Crippen molar-refractivity contribution in [3.05, 3.63) is 97.1 Å². The summed E-state index contributed by atoms with van der Waals surface area (Å²) in [6, 6.07) is 21.7. The molecule has 0 saturated carbocycles. The van der Waals surface area contributed by atoms with Gasteiger partial charge in [0.1, 0.15) is 0 Å². The van der Waals surface area contributed by atoms with E-state index < -0.39 is 0 Å². The van der Waals surface area contributed by atoms with Gasteiger partial charge in [-0.15, -0.1) is 13.2 Å². The Morgan fingerprint density at radius 2 is 1.00 bits per heavy atom. The molecule has 2 aromatic rings. The highest BCUT2D eigenvalue weighted by Gasteiger charge is 2.25. The van der Waals surface area contributed by atoms with Crippen molar-refractivity contribution in [2.75, 3.05) is 13.2 Å². The summed E-state index contributed by atoms with van der Waals surface area (Å²) in [6.07, 6.45) is 18.6. The third kappa shape index (κ3) is 10.6. The maximum atomic E-state index is 5.95. The third-order valence-electron chi connectivity index (χ3n) is 8.00. The van der Waals surface area contributed by atoms with E-state index in [2.05, 4.69) is 99.8 Å². The summed E-state index contributed by atoms with van der Waals surface area (Å²) in [4.78, 5) is 0. The Bertz CT molecular complexity index is 741. The Morgan fingerprint density at radius 3 is 1.34 bits per heavy atom. The molecule has 2 unspecified atom stereocenters. The second-order valence-electron chi connectivity index (χ2n) is 10.4. The van der Waals surface area contributed by atoms with E-state index >= 15 is 0 Å². The minimum Gasteiger partial charge on any atom is -0.381 e. The Balaban J connectivity index is 1.55. The first kappa shape index (κ1) is 29.1. The first-order valence-corrected chi connectivity index (χ1v) is 14.0. The number of benzene rings is 2. The molecule has 0 N–H and O–H groups in total. The predicted molar refractivity (Wildman–Crippen MR) is 154 cm³/mol. The average molecular weight is 475 g/mol. The van der Waals surface area contributed by atoms with Gasteiger partial charge < -0.3 is 4.74 Å². The lowest BCUT2D eigenvalue weighted by atomic mass is 9.75. The molecule has 0 fully saturated rings. The molecule has 1 nitrogen and oxygen atoms in total. The Morgan fingerprint density at radius 1 is 0.600 bits per heavy atom. The molecule has 0 aliphatic heterocycles. The van der Waals surface area contributed by atoms with E-state index in [9.17, 15) is 0 Å². The van der Waals surface area contributed by atoms with Gasteiger partial charge in [0.2, 0.25) is 0 Å². The minimum atomic E-state index is 0.224. The summed E-state index contributed by atoms with van der Waals surface area (Å²) in [5.74, 6) is 0. The van der Waals surface area contributed by atoms with E-state index in [0.29, 0.717) is 0 Å². The van der Waals surface area contributed by atoms with E-state index in [1.807, 2.05) is 0 Å². The summed E-state index contributed by atoms with van der Waals surface area (Å²) in [6.45, 7) is 14.8. The predicted octanol–water partition coefficient (Wildman–Crippen LogP) is 9.77. The summed E-state index contributed by atoms with van der Waals surface area (Å²) in [7, 11) is 0. The molecular formula is C34H50O. The van der Waals surface area contributed by atoms with Gasteiger partial charge in [-0.1, -0.05) is 112 Å². The number of ether oxygens (including phenoxy) is 1. The molecule has 2 rings (SSSR count). The summed E-state index contributed by atoms with van der Waals surface area (Å²) in [5, 5.41) is 0. The number of unbranched alkanes of at least 4 members (excludes halogenated alkanes) is 4. The van der Waals surface area contributed by atoms with Crippen LogP contribution in [0.4, 0.5) is 0 Å². The van der Waals surface area contributed by atoms with Gasteiger partial charge in [0.15, 0.2) is 0 Å². The van der Waals surface area contributed by atoms with Crippen LogP contribution in [0.1, 0.15) is 89.2 Å². The van der Waals surface area contributed by atoms with Gasteiger partial charge >= 0.3 is 0 Å². The quantitative estimate of drug-likeness (QED) is 0.137. The largest absolute Gasteiger partial charge is 0.381 e. The van der Waals surface area contributed by atoms with Crippen LogP contribution in [0.15, 0.2) is 86.0 Å². The third-order valence-corrected chi connectivity index (χ3v) is 8.00. The van der Waals surface area contributed by atoms with Crippen LogP contribution in [0.2, 0.25) is 0 Å². The van der Waals surface area contributed by atoms with Crippen LogP contribution in [0.3, 0.4) is 0 Å². The van der Waals surface area contributed by atoms with Gasteiger partial charge in [-0.25, -0.2) is 0 Å². The van der Waals surface area contributed by atoms with Crippen LogP contribution in [0, 0.1) is 10.8 Å². The Hall–Kier alpha value is -2.12. The van der Waals surface area contributed by atoms with Crippen molar-refractivity contribution in [3.8, 4) is 0 Å². The second-order valence-corrected chi connectivity index (χ2v) is 10.4. The van der Waals surface area contributed by atoms with Gasteiger partial charge in [0.25, 0.3) is 0 Å². The zero-order valence-electron chi connectivity index (χ0n) is 22.7. The SMILES string of the molecule is C=CC(CC)(CCCCCOCCCCCC(C=C)(CC)Cc1ccccc1)Cc1ccccc1. The molecule has 0 aliphatic rings. The van der Waals surface area contributed by atoms with E-state index in [1.54, 1.807) is 0 Å². The molecule has 0 spiro atoms. The van der Waals surface area contributed by atoms with Gasteiger partial charge in [-0.3, -0.25) is 0 Å². The molecule has 192 valence electrons. The van der Waals surface area contributed by atoms with Crippen molar-refractivity contribution in [2.24, 2.45) is 10.8 Å². The van der Waals surface area contributed by atoms with E-state index in [1.165, 1.54) is 49.7 Å². The van der Waals surface area contributed by atoms with Crippen molar-refractivity contribution in [1.29, 1.82) is 0 Å². The van der Waals surface area contributed by atoms with Crippen LogP contribution in [-0.2, 0) is 17.6 Å². The highest BCUT2D eigenvalue weighted by Crippen LogP contribution is 2.35. The van der Waals surface area contributed by atoms with Gasteiger partial charge in [-0.05, 0) is 73.3 Å². The second kappa shape index (κ2) is 16.5. The summed E-state index contributed by atoms with van der Waals surface area (Å²) in [5.41, 5.74) is 3.29. The lowest BCUT2D eigenvalue weighted by Crippen LogP contribution is -2.20. The molecule has 0 heterocycles. The molecule has 0 radical (unpaired) electrons. The maximum Gasteiger partial charge on any atom is 0.0466 e. The highest BCUT2D eigenvalue weighted by molar-refractivity contribution is 5.19. The molecule has 2 aromatic carbocycles. The standard InChI is InChI=1S/C34H50O/c1-5-33(6-2,29-31-21-13-9-14-22-31)25-17-11-19-27-35-28-20-12-18-26-34(7-3,8-4)30-32-23-15-10-16-24-32/h5,7,9-10,13-16,21-24H,1,3,6,8,11-12,17-20,25-30H2,2,4H3. The first-order chi connectivity index (χ1) is 17.1. The summed E-state index contributed by atoms with van der Waals surface area (Å²) < 4.78 is 5.95. The van der Waals surface area contributed by atoms with E-state index in [-0.39, 0.29) is 10.8 Å². The van der Waals surface area contributed by atoms with Crippen LogP contribution >= 0.6 is 0 Å². The lowest BCUT2D eigenvalue weighted by molar-refractivity contribution is 0.124. The number of rotatable bonds is 20. The van der Waals surface area contributed by atoms with Crippen molar-refractivity contribution in [3.63, 3.8) is 0 Å². The topological polar surface area (TPSA) is 9.23 Å². The molecule has 0 amide bonds. The van der Waals surface area contributed by atoms with Crippen LogP contribution < -0.4 is 0 Å². The van der Waals surface area contributed by atoms with Crippen LogP contribution in [0.25, 0.3) is 0 Å².